The first-order valence-electron chi connectivity index (χ1n) is 12.8. The molecule has 1 atom stereocenters. The number of sulfonamides is 1. The second-order valence-corrected chi connectivity index (χ2v) is 12.9. The number of hydrogen-bond donors (Lipinski definition) is 1. The molecule has 0 unspecified atom stereocenters. The zero-order chi connectivity index (χ0) is 28.6. The van der Waals surface area contributed by atoms with Gasteiger partial charge in [-0.1, -0.05) is 89.9 Å². The van der Waals surface area contributed by atoms with Gasteiger partial charge < -0.3 is 10.2 Å². The van der Waals surface area contributed by atoms with E-state index in [1.807, 2.05) is 75.4 Å². The second-order valence-electron chi connectivity index (χ2n) is 10.1. The maximum absolute atomic E-state index is 14.0. The summed E-state index contributed by atoms with van der Waals surface area (Å²) < 4.78 is 27.6. The van der Waals surface area contributed by atoms with E-state index >= 15 is 0 Å². The molecule has 0 aliphatic heterocycles. The highest BCUT2D eigenvalue weighted by Gasteiger charge is 2.33. The maximum atomic E-state index is 14.0. The molecule has 2 amide bonds. The second kappa shape index (κ2) is 13.8. The molecule has 0 bridgehead atoms. The molecule has 0 fully saturated rings. The summed E-state index contributed by atoms with van der Waals surface area (Å²) >= 11 is 3.48. The van der Waals surface area contributed by atoms with Gasteiger partial charge in [-0.25, -0.2) is 8.42 Å². The summed E-state index contributed by atoms with van der Waals surface area (Å²) in [5.74, 6) is -0.526. The Morgan fingerprint density at radius 1 is 0.923 bits per heavy atom. The van der Waals surface area contributed by atoms with Crippen molar-refractivity contribution < 1.29 is 18.0 Å². The fraction of sp³-hybridized carbons (Fsp3) is 0.333. The summed E-state index contributed by atoms with van der Waals surface area (Å²) in [5, 5.41) is 2.98. The smallest absolute Gasteiger partial charge is 0.244 e. The number of hydrogen-bond acceptors (Lipinski definition) is 4. The Balaban J connectivity index is 2.04. The van der Waals surface area contributed by atoms with E-state index in [1.54, 1.807) is 24.3 Å². The molecule has 3 rings (SSSR count). The van der Waals surface area contributed by atoms with Crippen LogP contribution in [0.5, 0.6) is 0 Å². The third-order valence-electron chi connectivity index (χ3n) is 6.20. The SMILES string of the molecule is Cc1ccc(N(CC(=O)N(Cc2cccc(Br)c2)[C@H](Cc2ccccc2)C(=O)NCC(C)C)S(C)(=O)=O)cc1. The van der Waals surface area contributed by atoms with Crippen molar-refractivity contribution in [3.63, 3.8) is 0 Å². The molecule has 0 aliphatic rings. The van der Waals surface area contributed by atoms with E-state index in [0.29, 0.717) is 12.2 Å². The van der Waals surface area contributed by atoms with Gasteiger partial charge in [-0.15, -0.1) is 0 Å². The molecule has 0 saturated heterocycles. The number of carbonyl (C=O) groups is 2. The highest BCUT2D eigenvalue weighted by Crippen LogP contribution is 2.22. The van der Waals surface area contributed by atoms with Gasteiger partial charge in [-0.2, -0.15) is 0 Å². The molecule has 9 heteroatoms. The van der Waals surface area contributed by atoms with Crippen molar-refractivity contribution in [2.24, 2.45) is 5.92 Å². The highest BCUT2D eigenvalue weighted by atomic mass is 79.9. The van der Waals surface area contributed by atoms with E-state index in [-0.39, 0.29) is 24.8 Å². The molecular formula is C30H36BrN3O4S. The molecule has 0 saturated carbocycles. The van der Waals surface area contributed by atoms with E-state index in [1.165, 1.54) is 4.90 Å². The molecule has 0 heterocycles. The van der Waals surface area contributed by atoms with Crippen LogP contribution in [0, 0.1) is 12.8 Å². The van der Waals surface area contributed by atoms with Crippen LogP contribution >= 0.6 is 15.9 Å². The van der Waals surface area contributed by atoms with Gasteiger partial charge in [0.15, 0.2) is 0 Å². The first-order valence-corrected chi connectivity index (χ1v) is 15.5. The molecule has 0 spiro atoms. The van der Waals surface area contributed by atoms with Gasteiger partial charge >= 0.3 is 0 Å². The van der Waals surface area contributed by atoms with Crippen molar-refractivity contribution in [1.82, 2.24) is 10.2 Å². The van der Waals surface area contributed by atoms with Gasteiger partial charge in [0.1, 0.15) is 12.6 Å². The normalized spacial score (nSPS) is 12.2. The zero-order valence-electron chi connectivity index (χ0n) is 22.8. The topological polar surface area (TPSA) is 86.8 Å². The Morgan fingerprint density at radius 3 is 2.15 bits per heavy atom. The molecule has 208 valence electrons. The van der Waals surface area contributed by atoms with Gasteiger partial charge in [-0.05, 0) is 48.2 Å². The number of rotatable bonds is 12. The van der Waals surface area contributed by atoms with Crippen molar-refractivity contribution in [2.45, 2.75) is 39.8 Å². The van der Waals surface area contributed by atoms with Crippen LogP contribution in [0.3, 0.4) is 0 Å². The summed E-state index contributed by atoms with van der Waals surface area (Å²) in [6.07, 6.45) is 1.36. The first kappa shape index (κ1) is 30.4. The molecule has 0 aliphatic carbocycles. The summed E-state index contributed by atoms with van der Waals surface area (Å²) in [4.78, 5) is 29.1. The van der Waals surface area contributed by atoms with Crippen molar-refractivity contribution >= 4 is 43.5 Å². The predicted octanol–water partition coefficient (Wildman–Crippen LogP) is 4.94. The lowest BCUT2D eigenvalue weighted by Gasteiger charge is -2.33. The number of amides is 2. The van der Waals surface area contributed by atoms with E-state index in [9.17, 15) is 18.0 Å². The van der Waals surface area contributed by atoms with Gasteiger partial charge in [0.25, 0.3) is 0 Å². The third-order valence-corrected chi connectivity index (χ3v) is 7.83. The average Bonchev–Trinajstić information content (AvgIpc) is 2.88. The zero-order valence-corrected chi connectivity index (χ0v) is 25.2. The lowest BCUT2D eigenvalue weighted by atomic mass is 10.0. The molecule has 3 aromatic rings. The molecule has 39 heavy (non-hydrogen) atoms. The summed E-state index contributed by atoms with van der Waals surface area (Å²) in [5.41, 5.74) is 3.07. The number of aryl methyl sites for hydroxylation is 1. The number of benzene rings is 3. The highest BCUT2D eigenvalue weighted by molar-refractivity contribution is 9.10. The maximum Gasteiger partial charge on any atom is 0.244 e. The van der Waals surface area contributed by atoms with Crippen molar-refractivity contribution in [3.05, 3.63) is 100 Å². The van der Waals surface area contributed by atoms with Crippen LogP contribution < -0.4 is 9.62 Å². The van der Waals surface area contributed by atoms with E-state index in [2.05, 4.69) is 21.2 Å². The molecular weight excluding hydrogens is 578 g/mol. The first-order chi connectivity index (χ1) is 18.4. The number of nitrogens with zero attached hydrogens (tertiary/aromatic N) is 2. The lowest BCUT2D eigenvalue weighted by molar-refractivity contribution is -0.140. The number of anilines is 1. The summed E-state index contributed by atoms with van der Waals surface area (Å²) in [6.45, 7) is 6.07. The number of nitrogens with one attached hydrogen (secondary N) is 1. The summed E-state index contributed by atoms with van der Waals surface area (Å²) in [7, 11) is -3.79. The van der Waals surface area contributed by atoms with Crippen molar-refractivity contribution in [1.29, 1.82) is 0 Å². The quantitative estimate of drug-likeness (QED) is 0.314. The average molecular weight is 615 g/mol. The van der Waals surface area contributed by atoms with E-state index in [4.69, 9.17) is 0 Å². The molecule has 0 radical (unpaired) electrons. The monoisotopic (exact) mass is 613 g/mol. The molecule has 3 aromatic carbocycles. The largest absolute Gasteiger partial charge is 0.354 e. The standard InChI is InChI=1S/C30H36BrN3O4S/c1-22(2)19-32-30(36)28(18-24-9-6-5-7-10-24)33(20-25-11-8-12-26(31)17-25)29(35)21-34(39(4,37)38)27-15-13-23(3)14-16-27/h5-17,22,28H,18-21H2,1-4H3,(H,32,36)/t28-/m1/s1. The van der Waals surface area contributed by atoms with Crippen molar-refractivity contribution in [3.8, 4) is 0 Å². The van der Waals surface area contributed by atoms with Gasteiger partial charge in [0.2, 0.25) is 21.8 Å². The van der Waals surface area contributed by atoms with Gasteiger partial charge in [0, 0.05) is 24.0 Å². The predicted molar refractivity (Wildman–Crippen MR) is 160 cm³/mol. The Kier molecular flexibility index (Phi) is 10.7. The van der Waals surface area contributed by atoms with E-state index < -0.39 is 28.5 Å². The Bertz CT molecular complexity index is 1360. The summed E-state index contributed by atoms with van der Waals surface area (Å²) in [6, 6.07) is 23.1. The number of carbonyl (C=O) groups excluding carboxylic acids is 2. The Morgan fingerprint density at radius 2 is 1.56 bits per heavy atom. The molecule has 0 aromatic heterocycles. The van der Waals surface area contributed by atoms with Crippen LogP contribution in [0.4, 0.5) is 5.69 Å². The van der Waals surface area contributed by atoms with E-state index in [0.717, 1.165) is 31.7 Å². The number of halogens is 1. The fourth-order valence-corrected chi connectivity index (χ4v) is 5.43. The van der Waals surface area contributed by atoms with Crippen LogP contribution in [0.15, 0.2) is 83.3 Å². The van der Waals surface area contributed by atoms with Gasteiger partial charge in [-0.3, -0.25) is 13.9 Å². The van der Waals surface area contributed by atoms with Gasteiger partial charge in [0.05, 0.1) is 11.9 Å². The molecule has 1 N–H and O–H groups in total. The lowest BCUT2D eigenvalue weighted by Crippen LogP contribution is -2.53. The Hall–Kier alpha value is -3.17. The fourth-order valence-electron chi connectivity index (χ4n) is 4.13. The van der Waals surface area contributed by atoms with Crippen molar-refractivity contribution in [2.75, 3.05) is 23.7 Å². The van der Waals surface area contributed by atoms with Crippen LogP contribution in [0.25, 0.3) is 0 Å². The minimum atomic E-state index is -3.79. The Labute approximate surface area is 240 Å². The third kappa shape index (κ3) is 9.21. The molecule has 7 nitrogen and oxygen atoms in total. The van der Waals surface area contributed by atoms with Crippen LogP contribution in [0.2, 0.25) is 0 Å². The van der Waals surface area contributed by atoms with Crippen LogP contribution in [0.1, 0.15) is 30.5 Å². The van der Waals surface area contributed by atoms with Crippen LogP contribution in [-0.4, -0.2) is 50.5 Å². The van der Waals surface area contributed by atoms with Crippen LogP contribution in [-0.2, 0) is 32.6 Å². The minimum absolute atomic E-state index is 0.135. The minimum Gasteiger partial charge on any atom is -0.354 e.